The van der Waals surface area contributed by atoms with Crippen LogP contribution in [0.4, 0.5) is 0 Å². The molecule has 90 valence electrons. The number of aromatic hydroxyl groups is 1. The highest BCUT2D eigenvalue weighted by molar-refractivity contribution is 5.83. The van der Waals surface area contributed by atoms with Crippen LogP contribution in [0.25, 0.3) is 0 Å². The zero-order valence-corrected chi connectivity index (χ0v) is 9.66. The minimum absolute atomic E-state index is 0.115. The number of hydrogen-bond donors (Lipinski definition) is 2. The van der Waals surface area contributed by atoms with Crippen molar-refractivity contribution in [1.29, 1.82) is 0 Å². The molecule has 1 aromatic rings. The number of aliphatic hydroxyl groups is 1. The van der Waals surface area contributed by atoms with Gasteiger partial charge in [-0.15, -0.1) is 0 Å². The molecule has 0 aliphatic heterocycles. The maximum Gasteiger partial charge on any atom is 0.124 e. The van der Waals surface area contributed by atoms with Crippen LogP contribution in [-0.4, -0.2) is 29.1 Å². The minimum atomic E-state index is 0.115. The fraction of sp³-hybridized carbons (Fsp3) is 0.357. The van der Waals surface area contributed by atoms with Crippen molar-refractivity contribution in [2.24, 2.45) is 10.9 Å². The molecule has 0 unspecified atom stereocenters. The molecular weight excluding hydrogens is 214 g/mol. The van der Waals surface area contributed by atoms with Crippen molar-refractivity contribution in [2.45, 2.75) is 18.9 Å². The highest BCUT2D eigenvalue weighted by Gasteiger charge is 2.20. The van der Waals surface area contributed by atoms with Crippen molar-refractivity contribution in [3.63, 3.8) is 0 Å². The van der Waals surface area contributed by atoms with E-state index in [1.807, 2.05) is 12.1 Å². The molecule has 2 rings (SSSR count). The van der Waals surface area contributed by atoms with E-state index in [-0.39, 0.29) is 24.3 Å². The second-order valence-electron chi connectivity index (χ2n) is 4.29. The highest BCUT2D eigenvalue weighted by Crippen LogP contribution is 2.22. The maximum absolute atomic E-state index is 9.61. The van der Waals surface area contributed by atoms with E-state index in [2.05, 4.69) is 17.1 Å². The lowest BCUT2D eigenvalue weighted by molar-refractivity contribution is 0.203. The average molecular weight is 231 g/mol. The van der Waals surface area contributed by atoms with E-state index in [0.29, 0.717) is 0 Å². The standard InChI is InChI=1S/C14H17NO2/c16-10-12-6-1-3-7-13(12)15-9-11-5-2-4-8-14(11)17/h1-5,8-9,12-13,16-17H,6-7,10H2/t12-,13-/m0/s1. The first-order valence-corrected chi connectivity index (χ1v) is 5.88. The van der Waals surface area contributed by atoms with E-state index in [1.54, 1.807) is 18.3 Å². The van der Waals surface area contributed by atoms with Crippen LogP contribution >= 0.6 is 0 Å². The van der Waals surface area contributed by atoms with E-state index in [4.69, 9.17) is 0 Å². The van der Waals surface area contributed by atoms with Crippen LogP contribution in [0.5, 0.6) is 5.75 Å². The Kier molecular flexibility index (Phi) is 3.94. The molecule has 0 saturated carbocycles. The number of phenols is 1. The summed E-state index contributed by atoms with van der Waals surface area (Å²) < 4.78 is 0. The Balaban J connectivity index is 2.10. The largest absolute Gasteiger partial charge is 0.507 e. The zero-order valence-electron chi connectivity index (χ0n) is 9.66. The first-order valence-electron chi connectivity index (χ1n) is 5.88. The molecular formula is C14H17NO2. The van der Waals surface area contributed by atoms with Crippen LogP contribution in [0.1, 0.15) is 18.4 Å². The van der Waals surface area contributed by atoms with E-state index >= 15 is 0 Å². The summed E-state index contributed by atoms with van der Waals surface area (Å²) in [5, 5.41) is 18.9. The zero-order chi connectivity index (χ0) is 12.1. The molecule has 0 saturated heterocycles. The Hall–Kier alpha value is -1.61. The molecule has 2 N–H and O–H groups in total. The van der Waals surface area contributed by atoms with Crippen molar-refractivity contribution < 1.29 is 10.2 Å². The number of benzene rings is 1. The number of allylic oxidation sites excluding steroid dienone is 1. The molecule has 2 atom stereocenters. The molecule has 0 radical (unpaired) electrons. The molecule has 3 heteroatoms. The van der Waals surface area contributed by atoms with Crippen LogP contribution < -0.4 is 0 Å². The smallest absolute Gasteiger partial charge is 0.124 e. The lowest BCUT2D eigenvalue weighted by Gasteiger charge is -2.23. The van der Waals surface area contributed by atoms with Gasteiger partial charge in [0.15, 0.2) is 0 Å². The first-order chi connectivity index (χ1) is 8.31. The van der Waals surface area contributed by atoms with Crippen LogP contribution in [0.2, 0.25) is 0 Å². The molecule has 1 aliphatic rings. The normalized spacial score (nSPS) is 24.3. The summed E-state index contributed by atoms with van der Waals surface area (Å²) in [5.41, 5.74) is 0.721. The summed E-state index contributed by atoms with van der Waals surface area (Å²) in [6, 6.07) is 7.24. The third-order valence-corrected chi connectivity index (χ3v) is 3.10. The fourth-order valence-electron chi connectivity index (χ4n) is 2.01. The number of aliphatic imine (C=N–C) groups is 1. The summed E-state index contributed by atoms with van der Waals surface area (Å²) in [6.07, 6.45) is 7.61. The molecule has 0 amide bonds. The monoisotopic (exact) mass is 231 g/mol. The number of hydrogen-bond acceptors (Lipinski definition) is 3. The Morgan fingerprint density at radius 3 is 2.76 bits per heavy atom. The molecule has 0 aromatic heterocycles. The predicted molar refractivity (Wildman–Crippen MR) is 68.4 cm³/mol. The number of nitrogens with zero attached hydrogens (tertiary/aromatic N) is 1. The second kappa shape index (κ2) is 5.64. The van der Waals surface area contributed by atoms with Crippen molar-refractivity contribution in [1.82, 2.24) is 0 Å². The Morgan fingerprint density at radius 1 is 1.24 bits per heavy atom. The quantitative estimate of drug-likeness (QED) is 0.618. The van der Waals surface area contributed by atoms with E-state index < -0.39 is 0 Å². The third kappa shape index (κ3) is 2.94. The Labute approximate surface area is 101 Å². The lowest BCUT2D eigenvalue weighted by Crippen LogP contribution is -2.23. The summed E-state index contributed by atoms with van der Waals surface area (Å²) in [4.78, 5) is 4.47. The molecule has 1 aliphatic carbocycles. The van der Waals surface area contributed by atoms with Crippen LogP contribution in [0, 0.1) is 5.92 Å². The molecule has 0 heterocycles. The van der Waals surface area contributed by atoms with Gasteiger partial charge in [0.05, 0.1) is 6.04 Å². The van der Waals surface area contributed by atoms with Gasteiger partial charge in [0.2, 0.25) is 0 Å². The maximum atomic E-state index is 9.61. The summed E-state index contributed by atoms with van der Waals surface area (Å²) in [7, 11) is 0. The second-order valence-corrected chi connectivity index (χ2v) is 4.29. The third-order valence-electron chi connectivity index (χ3n) is 3.10. The Bertz CT molecular complexity index is 426. The predicted octanol–water partition coefficient (Wildman–Crippen LogP) is 2.14. The van der Waals surface area contributed by atoms with Gasteiger partial charge >= 0.3 is 0 Å². The molecule has 17 heavy (non-hydrogen) atoms. The van der Waals surface area contributed by atoms with Gasteiger partial charge in [-0.05, 0) is 25.0 Å². The molecule has 0 spiro atoms. The van der Waals surface area contributed by atoms with E-state index in [1.165, 1.54) is 0 Å². The van der Waals surface area contributed by atoms with Gasteiger partial charge in [0.1, 0.15) is 5.75 Å². The fourth-order valence-corrected chi connectivity index (χ4v) is 2.01. The van der Waals surface area contributed by atoms with Gasteiger partial charge < -0.3 is 10.2 Å². The number of phenolic OH excluding ortho intramolecular Hbond substituents is 1. The molecule has 0 bridgehead atoms. The highest BCUT2D eigenvalue weighted by atomic mass is 16.3. The van der Waals surface area contributed by atoms with E-state index in [9.17, 15) is 10.2 Å². The molecule has 3 nitrogen and oxygen atoms in total. The van der Waals surface area contributed by atoms with E-state index in [0.717, 1.165) is 18.4 Å². The SMILES string of the molecule is OC[C@@H]1CC=CC[C@@H]1N=Cc1ccccc1O. The number of aliphatic hydroxyl groups excluding tert-OH is 1. The van der Waals surface area contributed by atoms with Crippen LogP contribution in [0.3, 0.4) is 0 Å². The van der Waals surface area contributed by atoms with Crippen LogP contribution in [0.15, 0.2) is 41.4 Å². The van der Waals surface area contributed by atoms with Gasteiger partial charge in [-0.3, -0.25) is 4.99 Å². The van der Waals surface area contributed by atoms with Gasteiger partial charge in [-0.25, -0.2) is 0 Å². The first kappa shape index (κ1) is 11.9. The topological polar surface area (TPSA) is 52.8 Å². The minimum Gasteiger partial charge on any atom is -0.507 e. The summed E-state index contributed by atoms with van der Waals surface area (Å²) in [5.74, 6) is 0.435. The van der Waals surface area contributed by atoms with Crippen molar-refractivity contribution in [3.8, 4) is 5.75 Å². The summed E-state index contributed by atoms with van der Waals surface area (Å²) >= 11 is 0. The van der Waals surface area contributed by atoms with Gasteiger partial charge in [0, 0.05) is 24.3 Å². The number of rotatable bonds is 3. The summed E-state index contributed by atoms with van der Waals surface area (Å²) in [6.45, 7) is 0.160. The Morgan fingerprint density at radius 2 is 2.00 bits per heavy atom. The molecule has 0 fully saturated rings. The van der Waals surface area contributed by atoms with Gasteiger partial charge in [-0.2, -0.15) is 0 Å². The average Bonchev–Trinajstić information content (AvgIpc) is 2.38. The number of para-hydroxylation sites is 1. The van der Waals surface area contributed by atoms with Crippen molar-refractivity contribution in [3.05, 3.63) is 42.0 Å². The van der Waals surface area contributed by atoms with Gasteiger partial charge in [0.25, 0.3) is 0 Å². The van der Waals surface area contributed by atoms with Gasteiger partial charge in [-0.1, -0.05) is 24.3 Å². The van der Waals surface area contributed by atoms with Crippen LogP contribution in [-0.2, 0) is 0 Å². The molecule has 1 aromatic carbocycles. The lowest BCUT2D eigenvalue weighted by atomic mass is 9.90. The van der Waals surface area contributed by atoms with Crippen molar-refractivity contribution >= 4 is 6.21 Å². The van der Waals surface area contributed by atoms with Crippen molar-refractivity contribution in [2.75, 3.05) is 6.61 Å².